The smallest absolute Gasteiger partial charge is 0.132 e. The van der Waals surface area contributed by atoms with Crippen molar-refractivity contribution in [1.82, 2.24) is 15.0 Å². The van der Waals surface area contributed by atoms with Gasteiger partial charge in [-0.1, -0.05) is 0 Å². The average Bonchev–Trinajstić information content (AvgIpc) is 2.59. The van der Waals surface area contributed by atoms with E-state index in [2.05, 4.69) is 20.3 Å². The van der Waals surface area contributed by atoms with Gasteiger partial charge in [-0.15, -0.1) is 0 Å². The molecule has 0 radical (unpaired) electrons. The molecule has 0 saturated heterocycles. The average molecular weight is 319 g/mol. The number of anilines is 2. The van der Waals surface area contributed by atoms with Gasteiger partial charge in [0, 0.05) is 24.2 Å². The summed E-state index contributed by atoms with van der Waals surface area (Å²) in [5.74, 6) is 1.47. The Balaban J connectivity index is 1.97. The molecule has 0 saturated carbocycles. The number of allylic oxidation sites excluding steroid dienone is 1. The summed E-state index contributed by atoms with van der Waals surface area (Å²) in [6, 6.07) is 9.66. The molecule has 3 aromatic heterocycles. The number of rotatable bonds is 5. The lowest BCUT2D eigenvalue weighted by Gasteiger charge is -2.07. The molecule has 0 aliphatic carbocycles. The number of aryl methyl sites for hydroxylation is 1. The minimum Gasteiger partial charge on any atom is -0.325 e. The quantitative estimate of drug-likeness (QED) is 0.629. The number of pyridine rings is 3. The fourth-order valence-corrected chi connectivity index (χ4v) is 2.38. The Kier molecular flexibility index (Phi) is 4.58. The molecule has 0 aliphatic heterocycles. The molecule has 3 aromatic rings. The van der Waals surface area contributed by atoms with Crippen LogP contribution in [0, 0.1) is 12.3 Å². The summed E-state index contributed by atoms with van der Waals surface area (Å²) in [6.07, 6.45) is 6.73. The van der Waals surface area contributed by atoms with Gasteiger partial charge in [0.15, 0.2) is 0 Å². The third-order valence-electron chi connectivity index (χ3n) is 3.54. The van der Waals surface area contributed by atoms with Gasteiger partial charge in [0.1, 0.15) is 17.8 Å². The summed E-state index contributed by atoms with van der Waals surface area (Å²) in [4.78, 5) is 13.3. The first-order chi connectivity index (χ1) is 11.7. The van der Waals surface area contributed by atoms with Crippen molar-refractivity contribution >= 4 is 34.5 Å². The van der Waals surface area contributed by atoms with Crippen LogP contribution in [0.3, 0.4) is 0 Å². The van der Waals surface area contributed by atoms with Crippen molar-refractivity contribution < 1.29 is 5.32 Å². The number of nitrogens with one attached hydrogen (secondary N) is 2. The number of fused-ring (bicyclic) bond motifs is 1. The van der Waals surface area contributed by atoms with E-state index in [4.69, 9.17) is 5.41 Å². The summed E-state index contributed by atoms with van der Waals surface area (Å²) in [5.41, 5.74) is 4.38. The highest BCUT2D eigenvalue weighted by Gasteiger charge is 2.06. The lowest BCUT2D eigenvalue weighted by atomic mass is 10.1. The molecular weight excluding hydrogens is 300 g/mol. The van der Waals surface area contributed by atoms with Crippen molar-refractivity contribution in [3.05, 3.63) is 60.1 Å². The first-order valence-electron chi connectivity index (χ1n) is 7.66. The van der Waals surface area contributed by atoms with Gasteiger partial charge in [0.05, 0.1) is 23.7 Å². The standard InChI is InChI=1S/C18H18N6/c1-12-5-6-21-18(7-12)24-17-4-3-15-16(23-17)8-13(11-22-15)14(9-19)10-20-2/h3-11,19-20H,1-2H3,(H,21,23,24)/p+1/b14-10+,19-9?. The Morgan fingerprint density at radius 2 is 2.00 bits per heavy atom. The van der Waals surface area contributed by atoms with Crippen molar-refractivity contribution in [3.63, 3.8) is 0 Å². The molecule has 3 rings (SSSR count). The second kappa shape index (κ2) is 6.97. The summed E-state index contributed by atoms with van der Waals surface area (Å²) >= 11 is 0. The molecule has 0 aliphatic rings. The highest BCUT2D eigenvalue weighted by atomic mass is 15.1. The van der Waals surface area contributed by atoms with Gasteiger partial charge >= 0.3 is 0 Å². The van der Waals surface area contributed by atoms with Gasteiger partial charge in [0.2, 0.25) is 0 Å². The van der Waals surface area contributed by atoms with Crippen molar-refractivity contribution in [2.75, 3.05) is 12.4 Å². The molecule has 120 valence electrons. The predicted octanol–water partition coefficient (Wildman–Crippen LogP) is 2.26. The second-order valence-corrected chi connectivity index (χ2v) is 5.40. The maximum absolute atomic E-state index is 7.54. The number of nitrogens with two attached hydrogens (primary N) is 1. The molecule has 6 nitrogen and oxygen atoms in total. The minimum absolute atomic E-state index is 0.710. The number of hydrogen-bond acceptors (Lipinski definition) is 5. The van der Waals surface area contributed by atoms with Crippen LogP contribution in [0.2, 0.25) is 0 Å². The van der Waals surface area contributed by atoms with E-state index in [0.29, 0.717) is 5.82 Å². The molecule has 6 heteroatoms. The molecule has 0 atom stereocenters. The summed E-state index contributed by atoms with van der Waals surface area (Å²) < 4.78 is 0. The van der Waals surface area contributed by atoms with Crippen LogP contribution in [0.4, 0.5) is 11.6 Å². The van der Waals surface area contributed by atoms with Crippen LogP contribution >= 0.6 is 0 Å². The van der Waals surface area contributed by atoms with Crippen LogP contribution in [-0.2, 0) is 0 Å². The molecule has 4 N–H and O–H groups in total. The van der Waals surface area contributed by atoms with Gasteiger partial charge in [-0.25, -0.2) is 9.97 Å². The van der Waals surface area contributed by atoms with Crippen LogP contribution in [0.1, 0.15) is 11.1 Å². The molecular formula is C18H19N6+. The number of nitrogens with zero attached hydrogens (tertiary/aromatic N) is 3. The Morgan fingerprint density at radius 1 is 1.12 bits per heavy atom. The molecule has 0 amide bonds. The molecule has 3 heterocycles. The van der Waals surface area contributed by atoms with Crippen LogP contribution < -0.4 is 10.6 Å². The first kappa shape index (κ1) is 15.8. The van der Waals surface area contributed by atoms with Crippen LogP contribution in [0.25, 0.3) is 16.6 Å². The lowest BCUT2D eigenvalue weighted by Crippen LogP contribution is -2.72. The third kappa shape index (κ3) is 3.44. The van der Waals surface area contributed by atoms with Crippen LogP contribution in [0.5, 0.6) is 0 Å². The zero-order valence-corrected chi connectivity index (χ0v) is 13.6. The van der Waals surface area contributed by atoms with E-state index in [1.54, 1.807) is 12.4 Å². The fourth-order valence-electron chi connectivity index (χ4n) is 2.38. The van der Waals surface area contributed by atoms with Gasteiger partial charge in [-0.3, -0.25) is 4.98 Å². The third-order valence-corrected chi connectivity index (χ3v) is 3.54. The summed E-state index contributed by atoms with van der Waals surface area (Å²) in [6.45, 7) is 2.02. The minimum atomic E-state index is 0.710. The van der Waals surface area contributed by atoms with Crippen LogP contribution in [-0.4, -0.2) is 28.2 Å². The lowest BCUT2D eigenvalue weighted by molar-refractivity contribution is -0.555. The molecule has 0 bridgehead atoms. The Morgan fingerprint density at radius 3 is 2.75 bits per heavy atom. The first-order valence-corrected chi connectivity index (χ1v) is 7.66. The fraction of sp³-hybridized carbons (Fsp3) is 0.111. The largest absolute Gasteiger partial charge is 0.325 e. The molecule has 0 aromatic carbocycles. The Hall–Kier alpha value is -3.12. The molecule has 24 heavy (non-hydrogen) atoms. The maximum atomic E-state index is 7.54. The van der Waals surface area contributed by atoms with Gasteiger partial charge in [-0.05, 0) is 42.8 Å². The van der Waals surface area contributed by atoms with E-state index in [1.807, 2.05) is 55.8 Å². The second-order valence-electron chi connectivity index (χ2n) is 5.40. The van der Waals surface area contributed by atoms with Gasteiger partial charge in [0.25, 0.3) is 0 Å². The van der Waals surface area contributed by atoms with E-state index < -0.39 is 0 Å². The van der Waals surface area contributed by atoms with Crippen molar-refractivity contribution in [3.8, 4) is 0 Å². The Labute approximate surface area is 140 Å². The number of aromatic nitrogens is 3. The zero-order chi connectivity index (χ0) is 16.9. The summed E-state index contributed by atoms with van der Waals surface area (Å²) in [7, 11) is 1.92. The van der Waals surface area contributed by atoms with E-state index in [9.17, 15) is 0 Å². The molecule has 0 fully saturated rings. The summed E-state index contributed by atoms with van der Waals surface area (Å²) in [5, 5.41) is 12.6. The van der Waals surface area contributed by atoms with Crippen LogP contribution in [0.15, 0.2) is 48.9 Å². The van der Waals surface area contributed by atoms with E-state index in [-0.39, 0.29) is 0 Å². The topological polar surface area (TPSA) is 91.2 Å². The normalized spacial score (nSPS) is 11.5. The van der Waals surface area contributed by atoms with E-state index >= 15 is 0 Å². The SMILES string of the molecule is C[NH2+]/C=C(\C=N)c1cnc2ccc(Nc3cc(C)ccn3)nc2c1. The number of quaternary nitrogens is 1. The number of hydrogen-bond donors (Lipinski definition) is 3. The van der Waals surface area contributed by atoms with Crippen molar-refractivity contribution in [1.29, 1.82) is 5.41 Å². The van der Waals surface area contributed by atoms with Crippen molar-refractivity contribution in [2.45, 2.75) is 6.92 Å². The van der Waals surface area contributed by atoms with E-state index in [0.717, 1.165) is 33.6 Å². The predicted molar refractivity (Wildman–Crippen MR) is 96.4 cm³/mol. The maximum Gasteiger partial charge on any atom is 0.132 e. The van der Waals surface area contributed by atoms with Gasteiger partial charge < -0.3 is 16.0 Å². The molecule has 0 spiro atoms. The van der Waals surface area contributed by atoms with Crippen molar-refractivity contribution in [2.24, 2.45) is 0 Å². The Bertz CT molecular complexity index is 916. The van der Waals surface area contributed by atoms with Gasteiger partial charge in [-0.2, -0.15) is 0 Å². The zero-order valence-electron chi connectivity index (χ0n) is 13.6. The highest BCUT2D eigenvalue weighted by Crippen LogP contribution is 2.20. The highest BCUT2D eigenvalue weighted by molar-refractivity contribution is 6.08. The van der Waals surface area contributed by atoms with E-state index in [1.165, 1.54) is 6.21 Å². The molecule has 0 unspecified atom stereocenters. The monoisotopic (exact) mass is 319 g/mol.